The molecule has 1 aliphatic heterocycles. The van der Waals surface area contributed by atoms with E-state index in [9.17, 15) is 4.79 Å². The number of anilines is 1. The summed E-state index contributed by atoms with van der Waals surface area (Å²) in [5, 5.41) is 1.06. The number of aryl methyl sites for hydroxylation is 2. The van der Waals surface area contributed by atoms with Crippen LogP contribution in [0.5, 0.6) is 0 Å². The van der Waals surface area contributed by atoms with E-state index >= 15 is 0 Å². The molecule has 1 saturated heterocycles. The number of hydrogen-bond donors (Lipinski definition) is 0. The van der Waals surface area contributed by atoms with Crippen molar-refractivity contribution in [1.29, 1.82) is 0 Å². The number of hydrogen-bond acceptors (Lipinski definition) is 4. The summed E-state index contributed by atoms with van der Waals surface area (Å²) in [7, 11) is 0. The number of carbonyl (C=O) groups excluding carboxylic acids is 1. The molecule has 0 N–H and O–H groups in total. The van der Waals surface area contributed by atoms with Crippen LogP contribution in [0, 0.1) is 13.8 Å². The van der Waals surface area contributed by atoms with Crippen LogP contribution in [0.2, 0.25) is 0 Å². The molecule has 1 aliphatic rings. The lowest BCUT2D eigenvalue weighted by Crippen LogP contribution is -2.48. The quantitative estimate of drug-likeness (QED) is 0.640. The average molecular weight is 378 g/mol. The lowest BCUT2D eigenvalue weighted by Gasteiger charge is -2.34. The van der Waals surface area contributed by atoms with Gasteiger partial charge in [-0.3, -0.25) is 4.79 Å². The van der Waals surface area contributed by atoms with Crippen molar-refractivity contribution in [2.45, 2.75) is 13.8 Å². The van der Waals surface area contributed by atoms with Crippen LogP contribution in [0.15, 0.2) is 48.5 Å². The maximum Gasteiger partial charge on any atom is 0.246 e. The molecule has 0 saturated carbocycles. The number of carbonyl (C=O) groups is 1. The number of thiazole rings is 1. The van der Waals surface area contributed by atoms with Gasteiger partial charge in [0.05, 0.1) is 10.2 Å². The summed E-state index contributed by atoms with van der Waals surface area (Å²) in [4.78, 5) is 21.5. The second-order valence-electron chi connectivity index (χ2n) is 6.96. The number of rotatable bonds is 3. The number of benzene rings is 2. The van der Waals surface area contributed by atoms with Crippen LogP contribution in [0.3, 0.4) is 0 Å². The second-order valence-corrected chi connectivity index (χ2v) is 7.97. The summed E-state index contributed by atoms with van der Waals surface area (Å²) in [6.07, 6.45) is 3.56. The Morgan fingerprint density at radius 1 is 1.04 bits per heavy atom. The Labute approximate surface area is 163 Å². The Morgan fingerprint density at radius 3 is 2.48 bits per heavy atom. The van der Waals surface area contributed by atoms with Gasteiger partial charge in [-0.2, -0.15) is 0 Å². The smallest absolute Gasteiger partial charge is 0.246 e. The Balaban J connectivity index is 1.40. The fourth-order valence-corrected chi connectivity index (χ4v) is 4.36. The minimum absolute atomic E-state index is 0.0778. The van der Waals surface area contributed by atoms with Crippen LogP contribution < -0.4 is 4.90 Å². The average Bonchev–Trinajstić information content (AvgIpc) is 3.10. The minimum atomic E-state index is 0.0778. The molecular formula is C22H23N3OS. The van der Waals surface area contributed by atoms with Crippen molar-refractivity contribution in [3.05, 3.63) is 65.2 Å². The first-order valence-corrected chi connectivity index (χ1v) is 10.1. The zero-order valence-corrected chi connectivity index (χ0v) is 16.5. The monoisotopic (exact) mass is 377 g/mol. The highest BCUT2D eigenvalue weighted by Crippen LogP contribution is 2.31. The van der Waals surface area contributed by atoms with Crippen molar-refractivity contribution in [1.82, 2.24) is 9.88 Å². The standard InChI is InChI=1S/C22H23N3OS/c1-16-14-19-20(15-17(16)2)27-22(23-19)25-12-10-24(11-13-25)21(26)9-8-18-6-4-3-5-7-18/h3-9,14-15H,10-13H2,1-2H3/b9-8+. The van der Waals surface area contributed by atoms with Gasteiger partial charge in [-0.25, -0.2) is 4.98 Å². The summed E-state index contributed by atoms with van der Waals surface area (Å²) in [5.74, 6) is 0.0778. The van der Waals surface area contributed by atoms with Crippen molar-refractivity contribution in [3.8, 4) is 0 Å². The van der Waals surface area contributed by atoms with E-state index in [1.807, 2.05) is 41.3 Å². The van der Waals surface area contributed by atoms with Crippen molar-refractivity contribution < 1.29 is 4.79 Å². The first-order valence-electron chi connectivity index (χ1n) is 9.25. The van der Waals surface area contributed by atoms with E-state index in [2.05, 4.69) is 30.9 Å². The number of amides is 1. The van der Waals surface area contributed by atoms with Crippen molar-refractivity contribution in [2.75, 3.05) is 31.1 Å². The van der Waals surface area contributed by atoms with Gasteiger partial charge in [0.2, 0.25) is 5.91 Å². The molecule has 3 aromatic rings. The molecule has 5 heteroatoms. The third-order valence-corrected chi connectivity index (χ3v) is 6.15. The summed E-state index contributed by atoms with van der Waals surface area (Å²) in [6.45, 7) is 7.37. The molecule has 27 heavy (non-hydrogen) atoms. The predicted molar refractivity (Wildman–Crippen MR) is 113 cm³/mol. The highest BCUT2D eigenvalue weighted by molar-refractivity contribution is 7.22. The molecule has 2 heterocycles. The summed E-state index contributed by atoms with van der Waals surface area (Å²) < 4.78 is 1.23. The van der Waals surface area contributed by atoms with E-state index in [0.717, 1.165) is 42.4 Å². The number of piperazine rings is 1. The molecule has 1 amide bonds. The molecule has 4 nitrogen and oxygen atoms in total. The van der Waals surface area contributed by atoms with Crippen LogP contribution in [0.1, 0.15) is 16.7 Å². The molecule has 2 aromatic carbocycles. The molecular weight excluding hydrogens is 354 g/mol. The van der Waals surface area contributed by atoms with Gasteiger partial charge in [0.25, 0.3) is 0 Å². The van der Waals surface area contributed by atoms with Gasteiger partial charge in [-0.15, -0.1) is 0 Å². The Hall–Kier alpha value is -2.66. The number of aromatic nitrogens is 1. The molecule has 1 aromatic heterocycles. The Kier molecular flexibility index (Phi) is 4.94. The SMILES string of the molecule is Cc1cc2nc(N3CCN(C(=O)/C=C/c4ccccc4)CC3)sc2cc1C. The van der Waals surface area contributed by atoms with E-state index in [1.54, 1.807) is 17.4 Å². The summed E-state index contributed by atoms with van der Waals surface area (Å²) in [6, 6.07) is 14.3. The first kappa shape index (κ1) is 17.7. The highest BCUT2D eigenvalue weighted by atomic mass is 32.1. The molecule has 4 rings (SSSR count). The summed E-state index contributed by atoms with van der Waals surface area (Å²) >= 11 is 1.74. The molecule has 138 valence electrons. The summed E-state index contributed by atoms with van der Waals surface area (Å²) in [5.41, 5.74) is 4.70. The van der Waals surface area contributed by atoms with E-state index in [0.29, 0.717) is 0 Å². The normalized spacial score (nSPS) is 15.0. The van der Waals surface area contributed by atoms with Crippen LogP contribution in [-0.4, -0.2) is 42.0 Å². The lowest BCUT2D eigenvalue weighted by molar-refractivity contribution is -0.126. The van der Waals surface area contributed by atoms with E-state index in [4.69, 9.17) is 4.98 Å². The zero-order chi connectivity index (χ0) is 18.8. The molecule has 0 bridgehead atoms. The third-order valence-electron chi connectivity index (χ3n) is 5.07. The van der Waals surface area contributed by atoms with Gasteiger partial charge < -0.3 is 9.80 Å². The van der Waals surface area contributed by atoms with E-state index in [1.165, 1.54) is 15.8 Å². The molecule has 0 radical (unpaired) electrons. The third kappa shape index (κ3) is 3.88. The van der Waals surface area contributed by atoms with Crippen molar-refractivity contribution >= 4 is 38.7 Å². The van der Waals surface area contributed by atoms with Gasteiger partial charge >= 0.3 is 0 Å². The van der Waals surface area contributed by atoms with E-state index in [-0.39, 0.29) is 5.91 Å². The first-order chi connectivity index (χ1) is 13.1. The largest absolute Gasteiger partial charge is 0.345 e. The lowest BCUT2D eigenvalue weighted by atomic mass is 10.1. The fraction of sp³-hybridized carbons (Fsp3) is 0.273. The maximum atomic E-state index is 12.4. The zero-order valence-electron chi connectivity index (χ0n) is 15.7. The van der Waals surface area contributed by atoms with Crippen molar-refractivity contribution in [2.24, 2.45) is 0 Å². The van der Waals surface area contributed by atoms with Crippen molar-refractivity contribution in [3.63, 3.8) is 0 Å². The Morgan fingerprint density at radius 2 is 1.74 bits per heavy atom. The Bertz CT molecular complexity index is 946. The van der Waals surface area contributed by atoms with Gasteiger partial charge in [-0.05, 0) is 48.7 Å². The molecule has 0 atom stereocenters. The predicted octanol–water partition coefficient (Wildman–Crippen LogP) is 4.28. The molecule has 0 aliphatic carbocycles. The van der Waals surface area contributed by atoms with Crippen LogP contribution >= 0.6 is 11.3 Å². The topological polar surface area (TPSA) is 36.4 Å². The van der Waals surface area contributed by atoms with Gasteiger partial charge in [0.15, 0.2) is 5.13 Å². The van der Waals surface area contributed by atoms with E-state index < -0.39 is 0 Å². The van der Waals surface area contributed by atoms with Crippen LogP contribution in [-0.2, 0) is 4.79 Å². The van der Waals surface area contributed by atoms with Gasteiger partial charge in [-0.1, -0.05) is 41.7 Å². The molecule has 0 spiro atoms. The highest BCUT2D eigenvalue weighted by Gasteiger charge is 2.22. The minimum Gasteiger partial charge on any atom is -0.345 e. The van der Waals surface area contributed by atoms with Gasteiger partial charge in [0, 0.05) is 32.3 Å². The van der Waals surface area contributed by atoms with Crippen LogP contribution in [0.4, 0.5) is 5.13 Å². The molecule has 0 unspecified atom stereocenters. The maximum absolute atomic E-state index is 12.4. The fourth-order valence-electron chi connectivity index (χ4n) is 3.26. The van der Waals surface area contributed by atoms with Gasteiger partial charge in [0.1, 0.15) is 0 Å². The number of nitrogens with zero attached hydrogens (tertiary/aromatic N) is 3. The van der Waals surface area contributed by atoms with Crippen LogP contribution in [0.25, 0.3) is 16.3 Å². The second kappa shape index (κ2) is 7.53. The number of fused-ring (bicyclic) bond motifs is 1. The molecule has 1 fully saturated rings.